The summed E-state index contributed by atoms with van der Waals surface area (Å²) in [6.45, 7) is 1.99. The smallest absolute Gasteiger partial charge is 0.242 e. The summed E-state index contributed by atoms with van der Waals surface area (Å²) in [5.74, 6) is -0.903. The lowest BCUT2D eigenvalue weighted by Gasteiger charge is -2.09. The quantitative estimate of drug-likeness (QED) is 0.926. The predicted octanol–water partition coefficient (Wildman–Crippen LogP) is 3.38. The van der Waals surface area contributed by atoms with Crippen molar-refractivity contribution in [1.82, 2.24) is 0 Å². The molecule has 2 rings (SSSR count). The highest BCUT2D eigenvalue weighted by molar-refractivity contribution is 7.09. The van der Waals surface area contributed by atoms with E-state index < -0.39 is 5.92 Å². The molecular weight excluding hydrogens is 256 g/mol. The molecule has 1 aromatic heterocycles. The van der Waals surface area contributed by atoms with Gasteiger partial charge >= 0.3 is 0 Å². The first-order valence-electron chi connectivity index (χ1n) is 5.98. The second-order valence-corrected chi connectivity index (χ2v) is 5.35. The Balaban J connectivity index is 2.01. The highest BCUT2D eigenvalue weighted by Crippen LogP contribution is 2.16. The summed E-state index contributed by atoms with van der Waals surface area (Å²) in [6, 6.07) is 13.5. The molecule has 0 aliphatic heterocycles. The third-order valence-electron chi connectivity index (χ3n) is 2.78. The first-order valence-corrected chi connectivity index (χ1v) is 6.86. The molecule has 3 nitrogen and oxygen atoms in total. The average Bonchev–Trinajstić information content (AvgIpc) is 2.91. The largest absolute Gasteiger partial charge is 0.325 e. The maximum Gasteiger partial charge on any atom is 0.242 e. The number of thiophene rings is 1. The van der Waals surface area contributed by atoms with Gasteiger partial charge in [-0.05, 0) is 30.5 Å². The molecule has 1 atom stereocenters. The second-order valence-electron chi connectivity index (χ2n) is 4.32. The van der Waals surface area contributed by atoms with E-state index in [1.807, 2.05) is 48.7 Å². The molecule has 1 unspecified atom stereocenters. The Morgan fingerprint density at radius 3 is 2.68 bits per heavy atom. The minimum absolute atomic E-state index is 0.250. The average molecular weight is 270 g/mol. The van der Waals surface area contributed by atoms with Crippen molar-refractivity contribution in [2.75, 3.05) is 5.32 Å². The van der Waals surface area contributed by atoms with Gasteiger partial charge in [0, 0.05) is 17.0 Å². The van der Waals surface area contributed by atoms with Crippen LogP contribution in [0.4, 0.5) is 5.69 Å². The Kier molecular flexibility index (Phi) is 4.32. The van der Waals surface area contributed by atoms with E-state index in [0.717, 1.165) is 16.1 Å². The summed E-state index contributed by atoms with van der Waals surface area (Å²) in [5, 5.41) is 13.8. The molecular formula is C15H14N2OS. The van der Waals surface area contributed by atoms with Gasteiger partial charge in [-0.15, -0.1) is 11.3 Å². The Morgan fingerprint density at radius 1 is 1.37 bits per heavy atom. The lowest BCUT2D eigenvalue weighted by molar-refractivity contribution is -0.118. The number of nitrogens with zero attached hydrogens (tertiary/aromatic N) is 1. The van der Waals surface area contributed by atoms with Crippen LogP contribution in [-0.2, 0) is 11.2 Å². The minimum Gasteiger partial charge on any atom is -0.325 e. The van der Waals surface area contributed by atoms with Crippen LogP contribution in [0, 0.1) is 24.2 Å². The summed E-state index contributed by atoms with van der Waals surface area (Å²) in [6.07, 6.45) is 0.464. The van der Waals surface area contributed by atoms with Crippen molar-refractivity contribution >= 4 is 22.9 Å². The van der Waals surface area contributed by atoms with Crippen LogP contribution in [0.1, 0.15) is 10.4 Å². The number of nitrogens with one attached hydrogen (secondary N) is 1. The van der Waals surface area contributed by atoms with Gasteiger partial charge in [0.15, 0.2) is 0 Å². The van der Waals surface area contributed by atoms with Crippen LogP contribution in [0.5, 0.6) is 0 Å². The molecule has 4 heteroatoms. The molecule has 0 aliphatic rings. The van der Waals surface area contributed by atoms with Crippen LogP contribution in [-0.4, -0.2) is 5.91 Å². The minimum atomic E-state index is -0.653. The van der Waals surface area contributed by atoms with Gasteiger partial charge < -0.3 is 5.32 Å². The monoisotopic (exact) mass is 270 g/mol. The van der Waals surface area contributed by atoms with Gasteiger partial charge in [0.05, 0.1) is 6.07 Å². The molecule has 1 heterocycles. The van der Waals surface area contributed by atoms with E-state index in [4.69, 9.17) is 5.26 Å². The van der Waals surface area contributed by atoms with Crippen molar-refractivity contribution in [3.63, 3.8) is 0 Å². The van der Waals surface area contributed by atoms with E-state index in [9.17, 15) is 4.79 Å². The number of carbonyl (C=O) groups excluding carboxylic acids is 1. The normalized spacial score (nSPS) is 11.6. The van der Waals surface area contributed by atoms with Gasteiger partial charge in [0.1, 0.15) is 5.92 Å². The second kappa shape index (κ2) is 6.17. The van der Waals surface area contributed by atoms with E-state index in [2.05, 4.69) is 11.4 Å². The van der Waals surface area contributed by atoms with Crippen LogP contribution in [0.3, 0.4) is 0 Å². The molecule has 1 aromatic carbocycles. The Morgan fingerprint density at radius 2 is 2.11 bits per heavy atom. The standard InChI is InChI=1S/C15H14N2OS/c1-11-4-6-13(7-5-11)17-15(18)12(10-16)9-14-3-2-8-19-14/h2-8,12H,9H2,1H3,(H,17,18). The topological polar surface area (TPSA) is 52.9 Å². The zero-order valence-electron chi connectivity index (χ0n) is 10.6. The fourth-order valence-electron chi connectivity index (χ4n) is 1.69. The lowest BCUT2D eigenvalue weighted by Crippen LogP contribution is -2.23. The zero-order valence-corrected chi connectivity index (χ0v) is 11.4. The van der Waals surface area contributed by atoms with E-state index in [1.54, 1.807) is 11.3 Å². The van der Waals surface area contributed by atoms with Crippen LogP contribution >= 0.6 is 11.3 Å². The number of hydrogen-bond donors (Lipinski definition) is 1. The molecule has 96 valence electrons. The van der Waals surface area contributed by atoms with Crippen molar-refractivity contribution in [3.05, 3.63) is 52.2 Å². The fourth-order valence-corrected chi connectivity index (χ4v) is 2.45. The molecule has 19 heavy (non-hydrogen) atoms. The molecule has 0 radical (unpaired) electrons. The first kappa shape index (κ1) is 13.3. The lowest BCUT2D eigenvalue weighted by atomic mass is 10.1. The number of amides is 1. The maximum absolute atomic E-state index is 12.0. The molecule has 0 aliphatic carbocycles. The van der Waals surface area contributed by atoms with Crippen molar-refractivity contribution in [2.24, 2.45) is 5.92 Å². The van der Waals surface area contributed by atoms with E-state index in [-0.39, 0.29) is 5.91 Å². The molecule has 2 aromatic rings. The van der Waals surface area contributed by atoms with Crippen LogP contribution in [0.25, 0.3) is 0 Å². The van der Waals surface area contributed by atoms with Gasteiger partial charge in [-0.2, -0.15) is 5.26 Å². The fraction of sp³-hybridized carbons (Fsp3) is 0.200. The number of benzene rings is 1. The third kappa shape index (κ3) is 3.67. The summed E-state index contributed by atoms with van der Waals surface area (Å²) in [7, 11) is 0. The number of aryl methyl sites for hydroxylation is 1. The Hall–Kier alpha value is -2.12. The first-order chi connectivity index (χ1) is 9.19. The highest BCUT2D eigenvalue weighted by Gasteiger charge is 2.18. The van der Waals surface area contributed by atoms with E-state index >= 15 is 0 Å². The maximum atomic E-state index is 12.0. The SMILES string of the molecule is Cc1ccc(NC(=O)C(C#N)Cc2cccs2)cc1. The third-order valence-corrected chi connectivity index (χ3v) is 3.68. The van der Waals surface area contributed by atoms with Gasteiger partial charge in [-0.25, -0.2) is 0 Å². The van der Waals surface area contributed by atoms with Crippen LogP contribution in [0.15, 0.2) is 41.8 Å². The molecule has 0 bridgehead atoms. The van der Waals surface area contributed by atoms with Gasteiger partial charge in [-0.1, -0.05) is 23.8 Å². The number of anilines is 1. The summed E-state index contributed by atoms with van der Waals surface area (Å²) >= 11 is 1.56. The number of nitriles is 1. The Bertz CT molecular complexity index is 582. The summed E-state index contributed by atoms with van der Waals surface area (Å²) in [5.41, 5.74) is 1.86. The molecule has 0 saturated carbocycles. The van der Waals surface area contributed by atoms with Crippen molar-refractivity contribution < 1.29 is 4.79 Å². The van der Waals surface area contributed by atoms with E-state index in [1.165, 1.54) is 0 Å². The molecule has 1 amide bonds. The highest BCUT2D eigenvalue weighted by atomic mass is 32.1. The molecule has 0 spiro atoms. The van der Waals surface area contributed by atoms with Crippen molar-refractivity contribution in [3.8, 4) is 6.07 Å². The van der Waals surface area contributed by atoms with Crippen LogP contribution < -0.4 is 5.32 Å². The molecule has 1 N–H and O–H groups in total. The van der Waals surface area contributed by atoms with Gasteiger partial charge in [-0.3, -0.25) is 4.79 Å². The number of carbonyl (C=O) groups is 1. The number of rotatable bonds is 4. The Labute approximate surface area is 116 Å². The molecule has 0 saturated heterocycles. The van der Waals surface area contributed by atoms with Crippen molar-refractivity contribution in [1.29, 1.82) is 5.26 Å². The zero-order chi connectivity index (χ0) is 13.7. The van der Waals surface area contributed by atoms with E-state index in [0.29, 0.717) is 6.42 Å². The predicted molar refractivity (Wildman–Crippen MR) is 76.9 cm³/mol. The summed E-state index contributed by atoms with van der Waals surface area (Å²) < 4.78 is 0. The van der Waals surface area contributed by atoms with Crippen LogP contribution in [0.2, 0.25) is 0 Å². The number of hydrogen-bond acceptors (Lipinski definition) is 3. The van der Waals surface area contributed by atoms with Crippen molar-refractivity contribution in [2.45, 2.75) is 13.3 Å². The molecule has 0 fully saturated rings. The van der Waals surface area contributed by atoms with Gasteiger partial charge in [0.2, 0.25) is 5.91 Å². The summed E-state index contributed by atoms with van der Waals surface area (Å²) in [4.78, 5) is 13.1. The van der Waals surface area contributed by atoms with Gasteiger partial charge in [0.25, 0.3) is 0 Å².